The number of amides is 1. The third-order valence-corrected chi connectivity index (χ3v) is 4.59. The Balaban J connectivity index is 1.32. The Hall–Kier alpha value is -4.00. The van der Waals surface area contributed by atoms with Gasteiger partial charge in [0.05, 0.1) is 0 Å². The number of aromatic nitrogens is 3. The first-order valence-electron chi connectivity index (χ1n) is 9.70. The number of aryl methyl sites for hydroxylation is 1. The van der Waals surface area contributed by atoms with E-state index < -0.39 is 0 Å². The van der Waals surface area contributed by atoms with Gasteiger partial charge >= 0.3 is 0 Å². The number of rotatable bonds is 7. The van der Waals surface area contributed by atoms with E-state index in [2.05, 4.69) is 30.9 Å². The Morgan fingerprint density at radius 1 is 0.867 bits per heavy atom. The van der Waals surface area contributed by atoms with Crippen molar-refractivity contribution in [1.29, 1.82) is 0 Å². The second-order valence-corrected chi connectivity index (χ2v) is 6.84. The third-order valence-electron chi connectivity index (χ3n) is 4.59. The van der Waals surface area contributed by atoms with Crippen molar-refractivity contribution in [2.45, 2.75) is 6.92 Å². The Kier molecular flexibility index (Phi) is 5.80. The topological polar surface area (TPSA) is 91.8 Å². The predicted molar refractivity (Wildman–Crippen MR) is 119 cm³/mol. The average Bonchev–Trinajstić information content (AvgIpc) is 2.76. The molecule has 4 rings (SSSR count). The lowest BCUT2D eigenvalue weighted by molar-refractivity contribution is 0.0957. The SMILES string of the molecule is Cc1ccnc(Nc2cc(NCCNC(=O)c3cccc4ccccc34)ncn2)c1. The van der Waals surface area contributed by atoms with Gasteiger partial charge < -0.3 is 16.0 Å². The van der Waals surface area contributed by atoms with Crippen molar-refractivity contribution in [2.75, 3.05) is 23.7 Å². The molecule has 0 aliphatic carbocycles. The number of hydrogen-bond acceptors (Lipinski definition) is 6. The van der Waals surface area contributed by atoms with Crippen LogP contribution >= 0.6 is 0 Å². The molecule has 7 nitrogen and oxygen atoms in total. The maximum atomic E-state index is 12.6. The van der Waals surface area contributed by atoms with Crippen molar-refractivity contribution < 1.29 is 4.79 Å². The molecule has 0 aliphatic heterocycles. The minimum Gasteiger partial charge on any atom is -0.368 e. The van der Waals surface area contributed by atoms with E-state index in [0.29, 0.717) is 30.3 Å². The molecule has 4 aromatic rings. The van der Waals surface area contributed by atoms with Gasteiger partial charge in [-0.2, -0.15) is 0 Å². The summed E-state index contributed by atoms with van der Waals surface area (Å²) >= 11 is 0. The van der Waals surface area contributed by atoms with Crippen molar-refractivity contribution in [3.63, 3.8) is 0 Å². The zero-order valence-corrected chi connectivity index (χ0v) is 16.6. The summed E-state index contributed by atoms with van der Waals surface area (Å²) in [7, 11) is 0. The summed E-state index contributed by atoms with van der Waals surface area (Å²) in [6, 6.07) is 19.3. The molecule has 0 saturated heterocycles. The molecule has 7 heteroatoms. The van der Waals surface area contributed by atoms with Gasteiger partial charge in [0.1, 0.15) is 23.8 Å². The highest BCUT2D eigenvalue weighted by atomic mass is 16.1. The molecule has 2 heterocycles. The van der Waals surface area contributed by atoms with Crippen LogP contribution in [0.1, 0.15) is 15.9 Å². The number of hydrogen-bond donors (Lipinski definition) is 3. The fourth-order valence-corrected chi connectivity index (χ4v) is 3.14. The summed E-state index contributed by atoms with van der Waals surface area (Å²) in [5.74, 6) is 1.94. The van der Waals surface area contributed by atoms with E-state index in [4.69, 9.17) is 0 Å². The van der Waals surface area contributed by atoms with Crippen LogP contribution in [0.2, 0.25) is 0 Å². The lowest BCUT2D eigenvalue weighted by Crippen LogP contribution is -2.29. The first-order chi connectivity index (χ1) is 14.7. The van der Waals surface area contributed by atoms with Crippen molar-refractivity contribution >= 4 is 34.1 Å². The summed E-state index contributed by atoms with van der Waals surface area (Å²) < 4.78 is 0. The van der Waals surface area contributed by atoms with Crippen LogP contribution in [0, 0.1) is 6.92 Å². The van der Waals surface area contributed by atoms with E-state index in [1.54, 1.807) is 12.3 Å². The van der Waals surface area contributed by atoms with Crippen LogP contribution in [0.25, 0.3) is 10.8 Å². The van der Waals surface area contributed by atoms with E-state index in [1.165, 1.54) is 6.33 Å². The summed E-state index contributed by atoms with van der Waals surface area (Å²) in [4.78, 5) is 25.3. The predicted octanol–water partition coefficient (Wildman–Crippen LogP) is 3.92. The molecular weight excluding hydrogens is 376 g/mol. The molecule has 30 heavy (non-hydrogen) atoms. The fourth-order valence-electron chi connectivity index (χ4n) is 3.14. The minimum absolute atomic E-state index is 0.0934. The lowest BCUT2D eigenvalue weighted by Gasteiger charge is -2.10. The number of nitrogens with zero attached hydrogens (tertiary/aromatic N) is 3. The van der Waals surface area contributed by atoms with Crippen LogP contribution in [0.5, 0.6) is 0 Å². The van der Waals surface area contributed by atoms with Crippen LogP contribution < -0.4 is 16.0 Å². The van der Waals surface area contributed by atoms with Crippen molar-refractivity contribution in [2.24, 2.45) is 0 Å². The lowest BCUT2D eigenvalue weighted by atomic mass is 10.0. The molecule has 3 N–H and O–H groups in total. The first kappa shape index (κ1) is 19.3. The van der Waals surface area contributed by atoms with Crippen LogP contribution in [0.3, 0.4) is 0 Å². The van der Waals surface area contributed by atoms with Crippen molar-refractivity contribution in [3.8, 4) is 0 Å². The molecule has 0 unspecified atom stereocenters. The van der Waals surface area contributed by atoms with Gasteiger partial charge in [0.15, 0.2) is 0 Å². The summed E-state index contributed by atoms with van der Waals surface area (Å²) in [5, 5.41) is 11.3. The fraction of sp³-hybridized carbons (Fsp3) is 0.130. The highest BCUT2D eigenvalue weighted by Gasteiger charge is 2.09. The molecule has 0 aliphatic rings. The normalized spacial score (nSPS) is 10.6. The summed E-state index contributed by atoms with van der Waals surface area (Å²) in [6.45, 7) is 3.01. The Labute approximate surface area is 174 Å². The van der Waals surface area contributed by atoms with Crippen LogP contribution in [-0.2, 0) is 0 Å². The highest BCUT2D eigenvalue weighted by Crippen LogP contribution is 2.18. The number of pyridine rings is 1. The molecule has 2 aromatic heterocycles. The number of fused-ring (bicyclic) bond motifs is 1. The average molecular weight is 398 g/mol. The van der Waals surface area contributed by atoms with E-state index in [9.17, 15) is 4.79 Å². The molecule has 2 aromatic carbocycles. The van der Waals surface area contributed by atoms with Gasteiger partial charge in [0.25, 0.3) is 5.91 Å². The van der Waals surface area contributed by atoms with Crippen LogP contribution in [0.4, 0.5) is 17.5 Å². The van der Waals surface area contributed by atoms with Gasteiger partial charge in [-0.05, 0) is 41.5 Å². The number of carbonyl (C=O) groups excluding carboxylic acids is 1. The van der Waals surface area contributed by atoms with Gasteiger partial charge in [-0.25, -0.2) is 15.0 Å². The standard InChI is InChI=1S/C23H22N6O/c1-16-9-10-24-21(13-16)29-22-14-20(27-15-28-22)25-11-12-26-23(30)19-8-4-6-17-5-2-3-7-18(17)19/h2-10,13-15H,11-12H2,1H3,(H,26,30)(H2,24,25,27,28,29). The molecule has 1 amide bonds. The van der Waals surface area contributed by atoms with Crippen LogP contribution in [-0.4, -0.2) is 33.9 Å². The van der Waals surface area contributed by atoms with Gasteiger partial charge in [-0.15, -0.1) is 0 Å². The smallest absolute Gasteiger partial charge is 0.251 e. The quantitative estimate of drug-likeness (QED) is 0.409. The Bertz CT molecular complexity index is 1170. The number of anilines is 3. The molecule has 0 radical (unpaired) electrons. The Morgan fingerprint density at radius 2 is 1.67 bits per heavy atom. The maximum Gasteiger partial charge on any atom is 0.251 e. The zero-order chi connectivity index (χ0) is 20.8. The van der Waals surface area contributed by atoms with Gasteiger partial charge in [-0.3, -0.25) is 4.79 Å². The molecule has 0 bridgehead atoms. The molecule has 0 spiro atoms. The van der Waals surface area contributed by atoms with Crippen LogP contribution in [0.15, 0.2) is 73.2 Å². The zero-order valence-electron chi connectivity index (χ0n) is 16.6. The van der Waals surface area contributed by atoms with E-state index in [-0.39, 0.29) is 5.91 Å². The van der Waals surface area contributed by atoms with E-state index in [0.717, 1.165) is 22.2 Å². The molecule has 0 saturated carbocycles. The summed E-state index contributed by atoms with van der Waals surface area (Å²) in [6.07, 6.45) is 3.23. The first-order valence-corrected chi connectivity index (χ1v) is 9.70. The molecule has 150 valence electrons. The van der Waals surface area contributed by atoms with Gasteiger partial charge in [-0.1, -0.05) is 36.4 Å². The Morgan fingerprint density at radius 3 is 2.57 bits per heavy atom. The van der Waals surface area contributed by atoms with E-state index >= 15 is 0 Å². The monoisotopic (exact) mass is 398 g/mol. The van der Waals surface area contributed by atoms with E-state index in [1.807, 2.05) is 61.5 Å². The minimum atomic E-state index is -0.0934. The largest absolute Gasteiger partial charge is 0.368 e. The van der Waals surface area contributed by atoms with Crippen molar-refractivity contribution in [1.82, 2.24) is 20.3 Å². The van der Waals surface area contributed by atoms with Gasteiger partial charge in [0.2, 0.25) is 0 Å². The second kappa shape index (κ2) is 9.00. The maximum absolute atomic E-state index is 12.6. The molecular formula is C23H22N6O. The van der Waals surface area contributed by atoms with Gasteiger partial charge in [0, 0.05) is 30.9 Å². The highest BCUT2D eigenvalue weighted by molar-refractivity contribution is 6.07. The van der Waals surface area contributed by atoms with Crippen molar-refractivity contribution in [3.05, 3.63) is 84.3 Å². The number of nitrogens with one attached hydrogen (secondary N) is 3. The molecule has 0 atom stereocenters. The summed E-state index contributed by atoms with van der Waals surface area (Å²) in [5.41, 5.74) is 1.79. The number of benzene rings is 2. The second-order valence-electron chi connectivity index (χ2n) is 6.84. The number of carbonyl (C=O) groups is 1. The molecule has 0 fully saturated rings. The third kappa shape index (κ3) is 4.70.